The zero-order chi connectivity index (χ0) is 23.4. The highest BCUT2D eigenvalue weighted by molar-refractivity contribution is 6.46. The number of carbonyl (C=O) groups excluding carboxylic acids is 2. The molecule has 1 atom stereocenters. The Hall–Kier alpha value is -3.52. The van der Waals surface area contributed by atoms with Crippen molar-refractivity contribution >= 4 is 17.4 Å². The van der Waals surface area contributed by atoms with Crippen molar-refractivity contribution in [2.45, 2.75) is 13.0 Å². The minimum atomic E-state index is -0.854. The third kappa shape index (κ3) is 4.13. The molecule has 1 fully saturated rings. The molecule has 8 nitrogen and oxygen atoms in total. The van der Waals surface area contributed by atoms with Gasteiger partial charge >= 0.3 is 0 Å². The Labute approximate surface area is 187 Å². The van der Waals surface area contributed by atoms with Gasteiger partial charge in [0.2, 0.25) is 0 Å². The van der Waals surface area contributed by atoms with Gasteiger partial charge in [0.25, 0.3) is 11.7 Å². The summed E-state index contributed by atoms with van der Waals surface area (Å²) in [6.45, 7) is 2.18. The van der Waals surface area contributed by atoms with Gasteiger partial charge in [-0.2, -0.15) is 0 Å². The number of aliphatic hydroxyl groups is 1. The lowest BCUT2D eigenvalue weighted by Crippen LogP contribution is -2.32. The molecule has 1 heterocycles. The molecule has 2 aromatic rings. The van der Waals surface area contributed by atoms with E-state index in [0.717, 1.165) is 0 Å². The van der Waals surface area contributed by atoms with Crippen LogP contribution in [0.25, 0.3) is 5.76 Å². The standard InChI is InChI=1S/C24H27NO7/c1-14-12-15(30-3)6-8-17(14)22(26)20-21(25(10-11-29-2)24(28)23(20)27)18-9-7-16(31-4)13-19(18)32-5/h6-9,12-13,21,26H,10-11H2,1-5H3/t21-/m0/s1. The van der Waals surface area contributed by atoms with Crippen LogP contribution in [0.15, 0.2) is 42.0 Å². The number of likely N-dealkylation sites (tertiary alicyclic amines) is 1. The summed E-state index contributed by atoms with van der Waals surface area (Å²) >= 11 is 0. The number of hydrogen-bond donors (Lipinski definition) is 1. The highest BCUT2D eigenvalue weighted by Crippen LogP contribution is 2.44. The van der Waals surface area contributed by atoms with E-state index in [-0.39, 0.29) is 24.5 Å². The van der Waals surface area contributed by atoms with Gasteiger partial charge in [-0.3, -0.25) is 9.59 Å². The second-order valence-corrected chi connectivity index (χ2v) is 7.27. The molecule has 3 rings (SSSR count). The SMILES string of the molecule is COCCN1C(=O)C(=O)C(=C(O)c2ccc(OC)cc2C)[C@@H]1c1ccc(OC)cc1OC. The fourth-order valence-corrected chi connectivity index (χ4v) is 3.84. The van der Waals surface area contributed by atoms with Crippen molar-refractivity contribution in [3.05, 3.63) is 58.7 Å². The maximum atomic E-state index is 13.1. The van der Waals surface area contributed by atoms with Crippen LogP contribution in [-0.2, 0) is 14.3 Å². The molecular formula is C24H27NO7. The second kappa shape index (κ2) is 9.74. The first kappa shape index (κ1) is 23.1. The van der Waals surface area contributed by atoms with Crippen LogP contribution in [-0.4, -0.2) is 63.3 Å². The predicted molar refractivity (Wildman–Crippen MR) is 118 cm³/mol. The van der Waals surface area contributed by atoms with Gasteiger partial charge in [0.15, 0.2) is 0 Å². The Morgan fingerprint density at radius 2 is 1.62 bits per heavy atom. The topological polar surface area (TPSA) is 94.5 Å². The summed E-state index contributed by atoms with van der Waals surface area (Å²) in [6, 6.07) is 9.35. The lowest BCUT2D eigenvalue weighted by molar-refractivity contribution is -0.140. The van der Waals surface area contributed by atoms with E-state index >= 15 is 0 Å². The molecule has 1 N–H and O–H groups in total. The van der Waals surface area contributed by atoms with Crippen molar-refractivity contribution in [2.24, 2.45) is 0 Å². The van der Waals surface area contributed by atoms with Gasteiger partial charge in [0.1, 0.15) is 23.0 Å². The van der Waals surface area contributed by atoms with Crippen LogP contribution in [0, 0.1) is 6.92 Å². The third-order valence-corrected chi connectivity index (χ3v) is 5.50. The van der Waals surface area contributed by atoms with Crippen molar-refractivity contribution in [2.75, 3.05) is 41.6 Å². The predicted octanol–water partition coefficient (Wildman–Crippen LogP) is 3.09. The minimum Gasteiger partial charge on any atom is -0.507 e. The van der Waals surface area contributed by atoms with Crippen LogP contribution in [0.2, 0.25) is 0 Å². The third-order valence-electron chi connectivity index (χ3n) is 5.50. The highest BCUT2D eigenvalue weighted by atomic mass is 16.5. The number of aryl methyl sites for hydroxylation is 1. The Morgan fingerprint density at radius 1 is 0.969 bits per heavy atom. The van der Waals surface area contributed by atoms with Crippen molar-refractivity contribution in [3.8, 4) is 17.2 Å². The zero-order valence-electron chi connectivity index (χ0n) is 18.8. The molecule has 0 aromatic heterocycles. The summed E-state index contributed by atoms with van der Waals surface area (Å²) in [5, 5.41) is 11.2. The molecule has 1 saturated heterocycles. The fraction of sp³-hybridized carbons (Fsp3) is 0.333. The van der Waals surface area contributed by atoms with Gasteiger partial charge in [0, 0.05) is 30.8 Å². The van der Waals surface area contributed by atoms with Crippen molar-refractivity contribution in [3.63, 3.8) is 0 Å². The van der Waals surface area contributed by atoms with Gasteiger partial charge in [-0.15, -0.1) is 0 Å². The first-order valence-electron chi connectivity index (χ1n) is 10.0. The smallest absolute Gasteiger partial charge is 0.295 e. The van der Waals surface area contributed by atoms with Crippen molar-refractivity contribution in [1.29, 1.82) is 0 Å². The van der Waals surface area contributed by atoms with Gasteiger partial charge in [-0.05, 0) is 42.8 Å². The number of Topliss-reactive ketones (excluding diaryl/α,β-unsaturated/α-hetero) is 1. The van der Waals surface area contributed by atoms with Gasteiger partial charge in [-0.1, -0.05) is 0 Å². The molecule has 32 heavy (non-hydrogen) atoms. The van der Waals surface area contributed by atoms with Crippen LogP contribution in [0.3, 0.4) is 0 Å². The Kier molecular flexibility index (Phi) is 7.05. The minimum absolute atomic E-state index is 0.0113. The number of ketones is 1. The summed E-state index contributed by atoms with van der Waals surface area (Å²) in [6.07, 6.45) is 0. The fourth-order valence-electron chi connectivity index (χ4n) is 3.84. The normalized spacial score (nSPS) is 17.5. The number of carbonyl (C=O) groups is 2. The van der Waals surface area contributed by atoms with E-state index in [0.29, 0.717) is 33.9 Å². The average molecular weight is 441 g/mol. The highest BCUT2D eigenvalue weighted by Gasteiger charge is 2.47. The lowest BCUT2D eigenvalue weighted by Gasteiger charge is -2.26. The van der Waals surface area contributed by atoms with Crippen molar-refractivity contribution in [1.82, 2.24) is 4.90 Å². The monoisotopic (exact) mass is 441 g/mol. The number of nitrogens with zero attached hydrogens (tertiary/aromatic N) is 1. The lowest BCUT2D eigenvalue weighted by atomic mass is 9.93. The number of methoxy groups -OCH3 is 4. The first-order valence-corrected chi connectivity index (χ1v) is 10.0. The number of ether oxygens (including phenoxy) is 4. The summed E-state index contributed by atoms with van der Waals surface area (Å²) in [5.41, 5.74) is 1.68. The molecular weight excluding hydrogens is 414 g/mol. The molecule has 1 aliphatic heterocycles. The molecule has 0 spiro atoms. The molecule has 0 bridgehead atoms. The molecule has 8 heteroatoms. The zero-order valence-corrected chi connectivity index (χ0v) is 18.8. The molecule has 2 aromatic carbocycles. The molecule has 0 unspecified atom stereocenters. The second-order valence-electron chi connectivity index (χ2n) is 7.27. The number of benzene rings is 2. The van der Waals surface area contributed by atoms with E-state index in [9.17, 15) is 14.7 Å². The van der Waals surface area contributed by atoms with Gasteiger partial charge in [-0.25, -0.2) is 0 Å². The van der Waals surface area contributed by atoms with E-state index in [1.807, 2.05) is 0 Å². The maximum Gasteiger partial charge on any atom is 0.295 e. The summed E-state index contributed by atoms with van der Waals surface area (Å²) < 4.78 is 21.2. The maximum absolute atomic E-state index is 13.1. The number of hydrogen-bond acceptors (Lipinski definition) is 7. The summed E-state index contributed by atoms with van der Waals surface area (Å²) in [5.74, 6) is -0.130. The van der Waals surface area contributed by atoms with Gasteiger partial charge < -0.3 is 29.0 Å². The van der Waals surface area contributed by atoms with E-state index in [2.05, 4.69) is 0 Å². The van der Waals surface area contributed by atoms with Gasteiger partial charge in [0.05, 0.1) is 39.6 Å². The van der Waals surface area contributed by atoms with E-state index in [4.69, 9.17) is 18.9 Å². The summed E-state index contributed by atoms with van der Waals surface area (Å²) in [4.78, 5) is 27.4. The average Bonchev–Trinajstić information content (AvgIpc) is 3.06. The molecule has 0 radical (unpaired) electrons. The molecule has 1 amide bonds. The van der Waals surface area contributed by atoms with E-state index in [1.54, 1.807) is 50.4 Å². The first-order chi connectivity index (χ1) is 15.4. The number of aliphatic hydroxyl groups excluding tert-OH is 1. The summed E-state index contributed by atoms with van der Waals surface area (Å²) in [7, 11) is 6.09. The molecule has 0 saturated carbocycles. The Balaban J connectivity index is 2.24. The van der Waals surface area contributed by atoms with Crippen LogP contribution >= 0.6 is 0 Å². The van der Waals surface area contributed by atoms with Crippen LogP contribution in [0.4, 0.5) is 0 Å². The van der Waals surface area contributed by atoms with Crippen LogP contribution in [0.5, 0.6) is 17.2 Å². The van der Waals surface area contributed by atoms with Crippen LogP contribution < -0.4 is 14.2 Å². The molecule has 0 aliphatic carbocycles. The Morgan fingerprint density at radius 3 is 2.22 bits per heavy atom. The van der Waals surface area contributed by atoms with E-state index in [1.165, 1.54) is 26.2 Å². The molecule has 1 aliphatic rings. The Bertz CT molecular complexity index is 1060. The van der Waals surface area contributed by atoms with Crippen molar-refractivity contribution < 1.29 is 33.6 Å². The quantitative estimate of drug-likeness (QED) is 0.382. The molecule has 170 valence electrons. The number of amides is 1. The number of rotatable bonds is 8. The van der Waals surface area contributed by atoms with E-state index < -0.39 is 17.7 Å². The van der Waals surface area contributed by atoms with Crippen LogP contribution in [0.1, 0.15) is 22.7 Å². The largest absolute Gasteiger partial charge is 0.507 e.